The maximum absolute atomic E-state index is 9.63. The van der Waals surface area contributed by atoms with Gasteiger partial charge in [-0.3, -0.25) is 9.80 Å². The molecule has 1 saturated heterocycles. The van der Waals surface area contributed by atoms with Crippen molar-refractivity contribution in [2.45, 2.75) is 355 Å². The molecule has 468 valence electrons. The number of methoxy groups -OCH3 is 1. The average Bonchev–Trinajstić information content (AvgIpc) is 3.45. The Morgan fingerprint density at radius 1 is 0.269 bits per heavy atom. The number of hydrogen-bond donors (Lipinski definition) is 1. The van der Waals surface area contributed by atoms with E-state index in [1.54, 1.807) is 7.11 Å². The highest BCUT2D eigenvalue weighted by Gasteiger charge is 2.19. The molecule has 78 heavy (non-hydrogen) atoms. The molecule has 1 unspecified atom stereocenters. The van der Waals surface area contributed by atoms with E-state index in [-0.39, 0.29) is 0 Å². The average molecular weight is 1100 g/mol. The first-order valence-corrected chi connectivity index (χ1v) is 36.4. The third-order valence-electron chi connectivity index (χ3n) is 18.2. The lowest BCUT2D eigenvalue weighted by Gasteiger charge is -2.37. The molecule has 0 aliphatic carbocycles. The minimum Gasteiger partial charge on any atom is -0.368 e. The van der Waals surface area contributed by atoms with Gasteiger partial charge in [-0.15, -0.1) is 0 Å². The van der Waals surface area contributed by atoms with Crippen molar-refractivity contribution >= 4 is 0 Å². The van der Waals surface area contributed by atoms with E-state index in [9.17, 15) is 5.11 Å². The summed E-state index contributed by atoms with van der Waals surface area (Å²) < 4.78 is 4.99. The van der Waals surface area contributed by atoms with E-state index < -0.39 is 6.29 Å². The molecule has 0 bridgehead atoms. The van der Waals surface area contributed by atoms with Gasteiger partial charge in [0.15, 0.2) is 6.29 Å². The molecule has 0 aromatic heterocycles. The Kier molecular flexibility index (Phi) is 60.9. The Morgan fingerprint density at radius 3 is 0.692 bits per heavy atom. The number of unbranched alkanes of at least 4 members (excludes halogenated alkanes) is 44. The van der Waals surface area contributed by atoms with Crippen LogP contribution in [0.2, 0.25) is 0 Å². The molecule has 1 heterocycles. The number of hydrogen-bond acceptors (Lipinski definition) is 7. The zero-order chi connectivity index (χ0) is 56.1. The van der Waals surface area contributed by atoms with Crippen molar-refractivity contribution in [1.82, 2.24) is 24.5 Å². The zero-order valence-corrected chi connectivity index (χ0v) is 54.6. The first-order valence-electron chi connectivity index (χ1n) is 36.4. The van der Waals surface area contributed by atoms with Gasteiger partial charge < -0.3 is 24.5 Å². The second kappa shape index (κ2) is 62.8. The Morgan fingerprint density at radius 2 is 0.462 bits per heavy atom. The van der Waals surface area contributed by atoms with Gasteiger partial charge in [0, 0.05) is 72.6 Å². The van der Waals surface area contributed by atoms with Crippen LogP contribution in [0.1, 0.15) is 349 Å². The van der Waals surface area contributed by atoms with Gasteiger partial charge in [0.05, 0.1) is 0 Å². The van der Waals surface area contributed by atoms with Crippen molar-refractivity contribution < 1.29 is 9.84 Å². The van der Waals surface area contributed by atoms with Crippen molar-refractivity contribution in [3.8, 4) is 0 Å². The summed E-state index contributed by atoms with van der Waals surface area (Å²) in [6.07, 6.45) is 69.3. The first-order chi connectivity index (χ1) is 38.6. The summed E-state index contributed by atoms with van der Waals surface area (Å²) in [6, 6.07) is 0. The van der Waals surface area contributed by atoms with Crippen molar-refractivity contribution in [3.05, 3.63) is 0 Å². The highest BCUT2D eigenvalue weighted by molar-refractivity contribution is 4.76. The molecule has 7 nitrogen and oxygen atoms in total. The summed E-state index contributed by atoms with van der Waals surface area (Å²) in [7, 11) is 1.60. The van der Waals surface area contributed by atoms with Gasteiger partial charge in [-0.05, 0) is 77.7 Å². The van der Waals surface area contributed by atoms with Gasteiger partial charge in [-0.1, -0.05) is 304 Å². The molecule has 7 heteroatoms. The molecule has 1 N–H and O–H groups in total. The minimum atomic E-state index is -0.574. The van der Waals surface area contributed by atoms with E-state index in [4.69, 9.17) is 4.74 Å². The highest BCUT2D eigenvalue weighted by atomic mass is 16.6. The zero-order valence-electron chi connectivity index (χ0n) is 54.6. The lowest BCUT2D eigenvalue weighted by atomic mass is 10.1. The number of ether oxygens (including phenoxy) is 1. The molecular weight excluding hydrogens is 955 g/mol. The van der Waals surface area contributed by atoms with Crippen molar-refractivity contribution in [1.29, 1.82) is 0 Å². The molecule has 1 atom stereocenters. The van der Waals surface area contributed by atoms with Crippen LogP contribution in [0.3, 0.4) is 0 Å². The van der Waals surface area contributed by atoms with Gasteiger partial charge in [-0.25, -0.2) is 0 Å². The fourth-order valence-electron chi connectivity index (χ4n) is 12.4. The van der Waals surface area contributed by atoms with Crippen LogP contribution in [0.5, 0.6) is 0 Å². The molecule has 1 aliphatic rings. The summed E-state index contributed by atoms with van der Waals surface area (Å²) in [4.78, 5) is 14.4. The molecule has 0 aromatic rings. The molecule has 0 spiro atoms. The topological polar surface area (TPSA) is 45.7 Å². The van der Waals surface area contributed by atoms with Crippen molar-refractivity contribution in [2.24, 2.45) is 0 Å². The Hall–Kier alpha value is -0.280. The predicted molar refractivity (Wildman–Crippen MR) is 349 cm³/mol. The van der Waals surface area contributed by atoms with Crippen LogP contribution in [-0.4, -0.2) is 141 Å². The number of piperazine rings is 1. The van der Waals surface area contributed by atoms with E-state index in [2.05, 4.69) is 52.2 Å². The van der Waals surface area contributed by atoms with Gasteiger partial charge in [0.25, 0.3) is 0 Å². The second-order valence-electron chi connectivity index (χ2n) is 25.6. The van der Waals surface area contributed by atoms with E-state index in [1.165, 1.54) is 406 Å². The summed E-state index contributed by atoms with van der Waals surface area (Å²) >= 11 is 0. The molecule has 0 radical (unpaired) electrons. The normalized spacial score (nSPS) is 14.1. The van der Waals surface area contributed by atoms with Crippen LogP contribution in [-0.2, 0) is 4.74 Å². The van der Waals surface area contributed by atoms with E-state index in [1.807, 2.05) is 0 Å². The smallest absolute Gasteiger partial charge is 0.154 e. The summed E-state index contributed by atoms with van der Waals surface area (Å²) in [5.41, 5.74) is 0. The Balaban J connectivity index is 2.72. The SMILES string of the molecule is CCCCCCCCCCCCN(CCCCCCCCCCCC)CCN(CCCCCCCCCCCC)CCN1CCN(CCN(CCCCCCCCCCCC)CCCCCCCCCCCC(O)OC)CC1. The molecule has 0 saturated carbocycles. The predicted octanol–water partition coefficient (Wildman–Crippen LogP) is 20.1. The monoisotopic (exact) mass is 1100 g/mol. The standard InChI is InChI=1S/C71H147N5O2/c1-6-10-14-18-22-26-32-38-44-50-56-72(57-51-45-39-33-27-23-19-15-11-7-2)61-63-74(60-54-48-42-35-29-25-21-17-13-9-4)64-66-76-69-67-75(68-70-76)65-62-73(58-52-46-40-34-28-24-20-16-12-8-3)59-53-47-41-36-30-31-37-43-49-55-71(77)78-5/h71,77H,6-70H2,1-5H3. The molecular formula is C71H147N5O2. The van der Waals surface area contributed by atoms with Crippen LogP contribution < -0.4 is 0 Å². The summed E-state index contributed by atoms with van der Waals surface area (Å²) in [6.45, 7) is 28.5. The van der Waals surface area contributed by atoms with Gasteiger partial charge in [0.2, 0.25) is 0 Å². The van der Waals surface area contributed by atoms with Crippen molar-refractivity contribution in [3.63, 3.8) is 0 Å². The largest absolute Gasteiger partial charge is 0.368 e. The molecule has 0 aromatic carbocycles. The van der Waals surface area contributed by atoms with Gasteiger partial charge >= 0.3 is 0 Å². The lowest BCUT2D eigenvalue weighted by Crippen LogP contribution is -2.50. The Bertz CT molecular complexity index is 1080. The molecule has 1 rings (SSSR count). The summed E-state index contributed by atoms with van der Waals surface area (Å²) in [5.74, 6) is 0. The Labute approximate surface area is 492 Å². The third-order valence-corrected chi connectivity index (χ3v) is 18.2. The van der Waals surface area contributed by atoms with Crippen LogP contribution in [0, 0.1) is 0 Å². The quantitative estimate of drug-likeness (QED) is 0.0481. The van der Waals surface area contributed by atoms with Crippen LogP contribution in [0.4, 0.5) is 0 Å². The second-order valence-corrected chi connectivity index (χ2v) is 25.6. The van der Waals surface area contributed by atoms with Gasteiger partial charge in [0.1, 0.15) is 0 Å². The van der Waals surface area contributed by atoms with Crippen molar-refractivity contribution in [2.75, 3.05) is 105 Å². The fourth-order valence-corrected chi connectivity index (χ4v) is 12.4. The fraction of sp³-hybridized carbons (Fsp3) is 1.00. The molecule has 1 aliphatic heterocycles. The number of rotatable bonds is 66. The lowest BCUT2D eigenvalue weighted by molar-refractivity contribution is -0.0793. The van der Waals surface area contributed by atoms with E-state index in [0.29, 0.717) is 0 Å². The molecule has 1 fully saturated rings. The molecule has 0 amide bonds. The summed E-state index contributed by atoms with van der Waals surface area (Å²) in [5, 5.41) is 9.63. The van der Waals surface area contributed by atoms with E-state index >= 15 is 0 Å². The van der Waals surface area contributed by atoms with Gasteiger partial charge in [-0.2, -0.15) is 0 Å². The number of nitrogens with zero attached hydrogens (tertiary/aromatic N) is 5. The minimum absolute atomic E-state index is 0.574. The first kappa shape index (κ1) is 75.7. The van der Waals surface area contributed by atoms with Crippen LogP contribution in [0.25, 0.3) is 0 Å². The van der Waals surface area contributed by atoms with Crippen LogP contribution >= 0.6 is 0 Å². The maximum atomic E-state index is 9.63. The van der Waals surface area contributed by atoms with Crippen LogP contribution in [0.15, 0.2) is 0 Å². The van der Waals surface area contributed by atoms with E-state index in [0.717, 1.165) is 12.8 Å². The number of aliphatic hydroxyl groups is 1. The number of aliphatic hydroxyl groups excluding tert-OH is 1. The highest BCUT2D eigenvalue weighted by Crippen LogP contribution is 2.18. The maximum Gasteiger partial charge on any atom is 0.154 e. The third kappa shape index (κ3) is 53.7.